The molecule has 9 heteroatoms. The molecule has 1 aliphatic heterocycles. The van der Waals surface area contributed by atoms with Crippen LogP contribution in [0.4, 0.5) is 18.9 Å². The first-order valence-corrected chi connectivity index (χ1v) is 8.61. The molecule has 0 aliphatic carbocycles. The number of alkyl halides is 3. The molecule has 26 heavy (non-hydrogen) atoms. The molecule has 5 nitrogen and oxygen atoms in total. The van der Waals surface area contributed by atoms with Crippen molar-refractivity contribution < 1.29 is 32.4 Å². The molecule has 0 radical (unpaired) electrons. The number of methoxy groups -OCH3 is 1. The third-order valence-electron chi connectivity index (χ3n) is 4.72. The summed E-state index contributed by atoms with van der Waals surface area (Å²) in [5.74, 6) is -0.841. The SMILES string of the molecule is COC(=O)C1CC[NH+]([C@@H](C)C(=O)Nc2cc(C(F)(F)F)ccc2Cl)CC1. The normalized spacial score (nSPS) is 21.8. The Morgan fingerprint density at radius 3 is 2.46 bits per heavy atom. The van der Waals surface area contributed by atoms with Crippen LogP contribution in [0.1, 0.15) is 25.3 Å². The van der Waals surface area contributed by atoms with Crippen molar-refractivity contribution in [3.05, 3.63) is 28.8 Å². The second-order valence-electron chi connectivity index (χ2n) is 6.36. The van der Waals surface area contributed by atoms with Crippen LogP contribution in [0.3, 0.4) is 0 Å². The summed E-state index contributed by atoms with van der Waals surface area (Å²) in [5.41, 5.74) is -0.946. The van der Waals surface area contributed by atoms with Crippen LogP contribution >= 0.6 is 11.6 Å². The highest BCUT2D eigenvalue weighted by molar-refractivity contribution is 6.33. The molecule has 0 spiro atoms. The van der Waals surface area contributed by atoms with Crippen LogP contribution in [0.15, 0.2) is 18.2 Å². The zero-order valence-corrected chi connectivity index (χ0v) is 15.2. The Balaban J connectivity index is 2.01. The summed E-state index contributed by atoms with van der Waals surface area (Å²) < 4.78 is 43.2. The summed E-state index contributed by atoms with van der Waals surface area (Å²) in [6.07, 6.45) is -3.31. The molecule has 1 atom stereocenters. The van der Waals surface area contributed by atoms with Gasteiger partial charge in [-0.2, -0.15) is 13.2 Å². The maximum absolute atomic E-state index is 12.8. The first-order chi connectivity index (χ1) is 12.1. The van der Waals surface area contributed by atoms with E-state index in [9.17, 15) is 22.8 Å². The highest BCUT2D eigenvalue weighted by Crippen LogP contribution is 2.33. The lowest BCUT2D eigenvalue weighted by molar-refractivity contribution is -0.919. The highest BCUT2D eigenvalue weighted by Gasteiger charge is 2.34. The van der Waals surface area contributed by atoms with Gasteiger partial charge in [0.2, 0.25) is 0 Å². The van der Waals surface area contributed by atoms with Gasteiger partial charge < -0.3 is 15.0 Å². The number of piperidine rings is 1. The number of ether oxygens (including phenoxy) is 1. The molecule has 2 rings (SSSR count). The van der Waals surface area contributed by atoms with Gasteiger partial charge in [-0.3, -0.25) is 9.59 Å². The van der Waals surface area contributed by atoms with E-state index in [4.69, 9.17) is 16.3 Å². The molecule has 0 unspecified atom stereocenters. The minimum Gasteiger partial charge on any atom is -0.469 e. The molecule has 1 aromatic carbocycles. The summed E-state index contributed by atoms with van der Waals surface area (Å²) in [6, 6.07) is 2.31. The summed E-state index contributed by atoms with van der Waals surface area (Å²) in [4.78, 5) is 24.9. The van der Waals surface area contributed by atoms with Gasteiger partial charge in [-0.1, -0.05) is 11.6 Å². The van der Waals surface area contributed by atoms with Crippen LogP contribution in [0.2, 0.25) is 5.02 Å². The van der Waals surface area contributed by atoms with Gasteiger partial charge in [-0.25, -0.2) is 0 Å². The Morgan fingerprint density at radius 2 is 1.92 bits per heavy atom. The fourth-order valence-electron chi connectivity index (χ4n) is 3.05. The average molecular weight is 394 g/mol. The van der Waals surface area contributed by atoms with E-state index in [1.54, 1.807) is 6.92 Å². The maximum atomic E-state index is 12.8. The molecule has 0 bridgehead atoms. The topological polar surface area (TPSA) is 59.8 Å². The van der Waals surface area contributed by atoms with Gasteiger partial charge in [-0.05, 0) is 25.1 Å². The van der Waals surface area contributed by atoms with E-state index in [0.717, 1.165) is 23.1 Å². The standard InChI is InChI=1S/C17H20ClF3N2O3/c1-10(23-7-5-11(6-8-23)16(25)26-2)15(24)22-14-9-12(17(19,20)21)3-4-13(14)18/h3-4,9-11H,5-8H2,1-2H3,(H,22,24)/p+1/t10-/m0/s1. The highest BCUT2D eigenvalue weighted by atomic mass is 35.5. The van der Waals surface area contributed by atoms with E-state index < -0.39 is 23.7 Å². The number of likely N-dealkylation sites (tertiary alicyclic amines) is 1. The van der Waals surface area contributed by atoms with Gasteiger partial charge in [-0.15, -0.1) is 0 Å². The fraction of sp³-hybridized carbons (Fsp3) is 0.529. The summed E-state index contributed by atoms with van der Waals surface area (Å²) in [7, 11) is 1.34. The lowest BCUT2D eigenvalue weighted by Gasteiger charge is -2.31. The summed E-state index contributed by atoms with van der Waals surface area (Å²) in [5, 5.41) is 2.52. The second-order valence-corrected chi connectivity index (χ2v) is 6.77. The van der Waals surface area contributed by atoms with E-state index in [1.165, 1.54) is 7.11 Å². The van der Waals surface area contributed by atoms with Crippen molar-refractivity contribution in [2.24, 2.45) is 5.92 Å². The molecule has 1 amide bonds. The van der Waals surface area contributed by atoms with E-state index >= 15 is 0 Å². The number of amides is 1. The molecular weight excluding hydrogens is 373 g/mol. The minimum atomic E-state index is -4.52. The number of carbonyl (C=O) groups is 2. The van der Waals surface area contributed by atoms with Gasteiger partial charge >= 0.3 is 12.1 Å². The van der Waals surface area contributed by atoms with E-state index in [-0.39, 0.29) is 22.6 Å². The molecule has 1 saturated heterocycles. The Morgan fingerprint density at radius 1 is 1.31 bits per heavy atom. The van der Waals surface area contributed by atoms with Gasteiger partial charge in [0.05, 0.1) is 42.4 Å². The number of anilines is 1. The fourth-order valence-corrected chi connectivity index (χ4v) is 3.21. The number of rotatable bonds is 4. The summed E-state index contributed by atoms with van der Waals surface area (Å²) >= 11 is 5.91. The zero-order chi connectivity index (χ0) is 19.5. The maximum Gasteiger partial charge on any atom is 0.416 e. The van der Waals surface area contributed by atoms with Crippen LogP contribution in [-0.2, 0) is 20.5 Å². The minimum absolute atomic E-state index is 0.0398. The van der Waals surface area contributed by atoms with Gasteiger partial charge in [0.1, 0.15) is 0 Å². The van der Waals surface area contributed by atoms with Gasteiger partial charge in [0, 0.05) is 12.8 Å². The second kappa shape index (κ2) is 8.26. The summed E-state index contributed by atoms with van der Waals surface area (Å²) in [6.45, 7) is 2.90. The van der Waals surface area contributed by atoms with Crippen molar-refractivity contribution in [1.82, 2.24) is 0 Å². The number of benzene rings is 1. The molecule has 2 N–H and O–H groups in total. The first kappa shape index (κ1) is 20.5. The van der Waals surface area contributed by atoms with Crippen LogP contribution in [0.5, 0.6) is 0 Å². The van der Waals surface area contributed by atoms with Crippen molar-refractivity contribution in [3.63, 3.8) is 0 Å². The third-order valence-corrected chi connectivity index (χ3v) is 5.05. The molecule has 1 fully saturated rings. The van der Waals surface area contributed by atoms with E-state index in [2.05, 4.69) is 5.32 Å². The monoisotopic (exact) mass is 393 g/mol. The first-order valence-electron chi connectivity index (χ1n) is 8.23. The third kappa shape index (κ3) is 4.88. The Bertz CT molecular complexity index is 674. The predicted octanol–water partition coefficient (Wildman–Crippen LogP) is 2.15. The van der Waals surface area contributed by atoms with E-state index in [0.29, 0.717) is 25.9 Å². The van der Waals surface area contributed by atoms with Crippen molar-refractivity contribution in [2.45, 2.75) is 32.0 Å². The predicted molar refractivity (Wildman–Crippen MR) is 90.0 cm³/mol. The Labute approximate surface area is 154 Å². The van der Waals surface area contributed by atoms with Gasteiger partial charge in [0.25, 0.3) is 5.91 Å². The van der Waals surface area contributed by atoms with Crippen LogP contribution in [-0.4, -0.2) is 38.1 Å². The number of hydrogen-bond donors (Lipinski definition) is 2. The quantitative estimate of drug-likeness (QED) is 0.771. The number of quaternary nitrogens is 1. The lowest BCUT2D eigenvalue weighted by atomic mass is 9.96. The van der Waals surface area contributed by atoms with Crippen molar-refractivity contribution in [3.8, 4) is 0 Å². The Kier molecular flexibility index (Phi) is 6.52. The number of hydrogen-bond acceptors (Lipinski definition) is 3. The van der Waals surface area contributed by atoms with Crippen LogP contribution in [0.25, 0.3) is 0 Å². The molecular formula is C17H21ClF3N2O3+. The molecule has 144 valence electrons. The molecule has 1 heterocycles. The van der Waals surface area contributed by atoms with Crippen molar-refractivity contribution >= 4 is 29.2 Å². The molecule has 0 saturated carbocycles. The Hall–Kier alpha value is -1.80. The molecule has 0 aromatic heterocycles. The van der Waals surface area contributed by atoms with Crippen LogP contribution < -0.4 is 10.2 Å². The average Bonchev–Trinajstić information content (AvgIpc) is 2.61. The number of halogens is 4. The zero-order valence-electron chi connectivity index (χ0n) is 14.5. The number of carbonyl (C=O) groups excluding carboxylic acids is 2. The van der Waals surface area contributed by atoms with E-state index in [1.807, 2.05) is 0 Å². The van der Waals surface area contributed by atoms with Gasteiger partial charge in [0.15, 0.2) is 6.04 Å². The molecule has 1 aliphatic rings. The number of esters is 1. The van der Waals surface area contributed by atoms with Crippen LogP contribution in [0, 0.1) is 5.92 Å². The smallest absolute Gasteiger partial charge is 0.416 e. The largest absolute Gasteiger partial charge is 0.469 e. The lowest BCUT2D eigenvalue weighted by Crippen LogP contribution is -3.17. The number of nitrogens with one attached hydrogen (secondary N) is 2. The molecule has 1 aromatic rings. The van der Waals surface area contributed by atoms with Crippen molar-refractivity contribution in [2.75, 3.05) is 25.5 Å². The van der Waals surface area contributed by atoms with Crippen molar-refractivity contribution in [1.29, 1.82) is 0 Å².